The minimum absolute atomic E-state index is 1.05. The van der Waals surface area contributed by atoms with Crippen LogP contribution in [0.3, 0.4) is 0 Å². The van der Waals surface area contributed by atoms with E-state index in [-0.39, 0.29) is 0 Å². The fraction of sp³-hybridized carbons (Fsp3) is 0.222. The summed E-state index contributed by atoms with van der Waals surface area (Å²) in [7, 11) is 0. The van der Waals surface area contributed by atoms with Gasteiger partial charge in [0, 0.05) is 28.6 Å². The van der Waals surface area contributed by atoms with Crippen LogP contribution in [0.2, 0.25) is 0 Å². The zero-order chi connectivity index (χ0) is 12.8. The summed E-state index contributed by atoms with van der Waals surface area (Å²) in [5, 5.41) is 1.45. The Morgan fingerprint density at radius 3 is 2.84 bits per heavy atom. The Hall–Kier alpha value is -2.02. The molecule has 19 heavy (non-hydrogen) atoms. The predicted octanol–water partition coefficient (Wildman–Crippen LogP) is 4.69. The number of benzene rings is 2. The Morgan fingerprint density at radius 1 is 1.05 bits per heavy atom. The molecule has 1 nitrogen and oxygen atoms in total. The summed E-state index contributed by atoms with van der Waals surface area (Å²) < 4.78 is 0. The lowest BCUT2D eigenvalue weighted by Gasteiger charge is -2.05. The van der Waals surface area contributed by atoms with Crippen molar-refractivity contribution in [2.24, 2.45) is 0 Å². The van der Waals surface area contributed by atoms with Gasteiger partial charge in [-0.1, -0.05) is 49.7 Å². The van der Waals surface area contributed by atoms with Crippen LogP contribution >= 0.6 is 0 Å². The molecule has 0 radical (unpaired) electrons. The fourth-order valence-corrected chi connectivity index (χ4v) is 3.39. The summed E-state index contributed by atoms with van der Waals surface area (Å²) in [4.78, 5) is 3.62. The lowest BCUT2D eigenvalue weighted by Crippen LogP contribution is -1.86. The summed E-state index contributed by atoms with van der Waals surface area (Å²) in [5.74, 6) is 0. The molecular weight excluding hydrogens is 230 g/mol. The Kier molecular flexibility index (Phi) is 2.28. The molecule has 2 aromatic carbocycles. The second kappa shape index (κ2) is 3.99. The maximum absolute atomic E-state index is 3.62. The zero-order valence-electron chi connectivity index (χ0n) is 11.2. The van der Waals surface area contributed by atoms with Crippen molar-refractivity contribution in [1.82, 2.24) is 4.98 Å². The first kappa shape index (κ1) is 10.9. The minimum atomic E-state index is 1.05. The maximum atomic E-state index is 3.62. The van der Waals surface area contributed by atoms with Gasteiger partial charge in [0.05, 0.1) is 0 Å². The number of hydrogen-bond donors (Lipinski definition) is 1. The summed E-state index contributed by atoms with van der Waals surface area (Å²) >= 11 is 0. The molecule has 0 fully saturated rings. The van der Waals surface area contributed by atoms with Crippen molar-refractivity contribution in [1.29, 1.82) is 0 Å². The maximum Gasteiger partial charge on any atom is 0.0465 e. The summed E-state index contributed by atoms with van der Waals surface area (Å²) in [6, 6.07) is 15.4. The van der Waals surface area contributed by atoms with Crippen molar-refractivity contribution in [2.45, 2.75) is 26.2 Å². The van der Waals surface area contributed by atoms with Crippen LogP contribution in [0.1, 0.15) is 30.2 Å². The van der Waals surface area contributed by atoms with Crippen molar-refractivity contribution in [3.8, 4) is 11.1 Å². The molecule has 0 bridgehead atoms. The molecule has 1 heteroatoms. The molecule has 0 saturated carbocycles. The molecule has 1 heterocycles. The lowest BCUT2D eigenvalue weighted by atomic mass is 9.98. The fourth-order valence-electron chi connectivity index (χ4n) is 3.39. The van der Waals surface area contributed by atoms with E-state index in [2.05, 4.69) is 54.4 Å². The van der Waals surface area contributed by atoms with Crippen molar-refractivity contribution >= 4 is 10.9 Å². The molecule has 0 unspecified atom stereocenters. The van der Waals surface area contributed by atoms with Gasteiger partial charge in [-0.3, -0.25) is 0 Å². The van der Waals surface area contributed by atoms with Crippen LogP contribution in [0.5, 0.6) is 0 Å². The highest BCUT2D eigenvalue weighted by Gasteiger charge is 2.23. The van der Waals surface area contributed by atoms with Gasteiger partial charge in [0.2, 0.25) is 0 Å². The first-order valence-corrected chi connectivity index (χ1v) is 7.09. The molecule has 0 aliphatic heterocycles. The van der Waals surface area contributed by atoms with Crippen molar-refractivity contribution in [3.63, 3.8) is 0 Å². The average Bonchev–Trinajstić information content (AvgIpc) is 2.94. The van der Waals surface area contributed by atoms with Gasteiger partial charge in [-0.2, -0.15) is 0 Å². The van der Waals surface area contributed by atoms with Crippen LogP contribution < -0.4 is 0 Å². The third-order valence-electron chi connectivity index (χ3n) is 4.16. The topological polar surface area (TPSA) is 15.8 Å². The van der Waals surface area contributed by atoms with Crippen LogP contribution in [-0.4, -0.2) is 4.98 Å². The normalized spacial score (nSPS) is 12.7. The Bertz CT molecular complexity index is 764. The number of nitrogens with one attached hydrogen (secondary N) is 1. The van der Waals surface area contributed by atoms with Gasteiger partial charge in [-0.05, 0) is 29.2 Å². The van der Waals surface area contributed by atoms with Gasteiger partial charge in [-0.25, -0.2) is 0 Å². The smallest absolute Gasteiger partial charge is 0.0465 e. The summed E-state index contributed by atoms with van der Waals surface area (Å²) in [5.41, 5.74) is 8.50. The molecule has 1 aliphatic rings. The van der Waals surface area contributed by atoms with Crippen LogP contribution in [0.15, 0.2) is 42.5 Å². The van der Waals surface area contributed by atoms with Gasteiger partial charge in [-0.15, -0.1) is 0 Å². The molecule has 1 aromatic heterocycles. The molecule has 0 atom stereocenters. The molecule has 3 aromatic rings. The van der Waals surface area contributed by atoms with E-state index >= 15 is 0 Å². The first-order chi connectivity index (χ1) is 9.38. The standard InChI is InChI=1S/C18H17N/c1-2-6-12-8-5-10-15-17(12)18-14-9-4-3-7-13(14)11-16(18)19-15/h3-5,7-10,19H,2,6,11H2,1H3. The highest BCUT2D eigenvalue weighted by Crippen LogP contribution is 2.42. The van der Waals surface area contributed by atoms with Crippen molar-refractivity contribution < 1.29 is 0 Å². The van der Waals surface area contributed by atoms with Gasteiger partial charge >= 0.3 is 0 Å². The van der Waals surface area contributed by atoms with Gasteiger partial charge in [0.25, 0.3) is 0 Å². The molecule has 0 amide bonds. The third kappa shape index (κ3) is 1.48. The number of H-pyrrole nitrogens is 1. The second-order valence-electron chi connectivity index (χ2n) is 5.40. The summed E-state index contributed by atoms with van der Waals surface area (Å²) in [6.07, 6.45) is 3.40. The quantitative estimate of drug-likeness (QED) is 0.529. The SMILES string of the molecule is CCCc1cccc2[nH]c3c(c12)-c1ccccc1C3. The van der Waals surface area contributed by atoms with E-state index in [1.165, 1.54) is 45.3 Å². The van der Waals surface area contributed by atoms with E-state index in [1.54, 1.807) is 0 Å². The molecule has 0 saturated heterocycles. The van der Waals surface area contributed by atoms with E-state index in [0.717, 1.165) is 12.8 Å². The van der Waals surface area contributed by atoms with E-state index < -0.39 is 0 Å². The lowest BCUT2D eigenvalue weighted by molar-refractivity contribution is 0.930. The van der Waals surface area contributed by atoms with Crippen LogP contribution in [0, 0.1) is 0 Å². The number of aryl methyl sites for hydroxylation is 1. The van der Waals surface area contributed by atoms with Crippen molar-refractivity contribution in [2.75, 3.05) is 0 Å². The summed E-state index contributed by atoms with van der Waals surface area (Å²) in [6.45, 7) is 2.25. The average molecular weight is 247 g/mol. The highest BCUT2D eigenvalue weighted by molar-refractivity contribution is 6.02. The van der Waals surface area contributed by atoms with Crippen LogP contribution in [-0.2, 0) is 12.8 Å². The van der Waals surface area contributed by atoms with Gasteiger partial charge in [0.1, 0.15) is 0 Å². The Balaban J connectivity index is 2.06. The largest absolute Gasteiger partial charge is 0.358 e. The molecule has 94 valence electrons. The number of aromatic amines is 1. The van der Waals surface area contributed by atoms with E-state index in [4.69, 9.17) is 0 Å². The Morgan fingerprint density at radius 2 is 1.95 bits per heavy atom. The van der Waals surface area contributed by atoms with Gasteiger partial charge < -0.3 is 4.98 Å². The molecular formula is C18H17N. The number of rotatable bonds is 2. The number of aromatic nitrogens is 1. The van der Waals surface area contributed by atoms with E-state index in [0.29, 0.717) is 0 Å². The molecule has 1 aliphatic carbocycles. The monoisotopic (exact) mass is 247 g/mol. The van der Waals surface area contributed by atoms with E-state index in [1.807, 2.05) is 0 Å². The second-order valence-corrected chi connectivity index (χ2v) is 5.40. The van der Waals surface area contributed by atoms with Crippen LogP contribution in [0.25, 0.3) is 22.0 Å². The number of fused-ring (bicyclic) bond motifs is 5. The zero-order valence-corrected chi connectivity index (χ0v) is 11.2. The minimum Gasteiger partial charge on any atom is -0.358 e. The number of hydrogen-bond acceptors (Lipinski definition) is 0. The predicted molar refractivity (Wildman–Crippen MR) is 80.5 cm³/mol. The first-order valence-electron chi connectivity index (χ1n) is 7.09. The van der Waals surface area contributed by atoms with Crippen LogP contribution in [0.4, 0.5) is 0 Å². The van der Waals surface area contributed by atoms with E-state index in [9.17, 15) is 0 Å². The highest BCUT2D eigenvalue weighted by atomic mass is 14.7. The van der Waals surface area contributed by atoms with Gasteiger partial charge in [0.15, 0.2) is 0 Å². The molecule has 4 rings (SSSR count). The Labute approximate surface area is 113 Å². The third-order valence-corrected chi connectivity index (χ3v) is 4.16. The molecule has 0 spiro atoms. The van der Waals surface area contributed by atoms with Crippen molar-refractivity contribution in [3.05, 3.63) is 59.3 Å². The molecule has 1 N–H and O–H groups in total.